The molecule has 0 atom stereocenters. The van der Waals surface area contributed by atoms with Crippen molar-refractivity contribution in [3.8, 4) is 0 Å². The SMILES string of the molecule is O=Cc1cc2nc(Cl)ccc2s1. The number of carbonyl (C=O) groups is 1. The summed E-state index contributed by atoms with van der Waals surface area (Å²) in [6.07, 6.45) is 0.820. The number of rotatable bonds is 1. The van der Waals surface area contributed by atoms with Gasteiger partial charge in [-0.3, -0.25) is 4.79 Å². The Morgan fingerprint density at radius 2 is 2.33 bits per heavy atom. The summed E-state index contributed by atoms with van der Waals surface area (Å²) in [5.41, 5.74) is 0.787. The lowest BCUT2D eigenvalue weighted by Crippen LogP contribution is -1.72. The molecule has 0 unspecified atom stereocenters. The maximum atomic E-state index is 10.4. The van der Waals surface area contributed by atoms with Crippen molar-refractivity contribution < 1.29 is 4.79 Å². The van der Waals surface area contributed by atoms with E-state index in [1.54, 1.807) is 12.1 Å². The van der Waals surface area contributed by atoms with Crippen molar-refractivity contribution in [2.24, 2.45) is 0 Å². The smallest absolute Gasteiger partial charge is 0.160 e. The van der Waals surface area contributed by atoms with Gasteiger partial charge in [0.15, 0.2) is 6.29 Å². The van der Waals surface area contributed by atoms with E-state index in [1.807, 2.05) is 6.07 Å². The number of halogens is 1. The molecule has 0 aliphatic carbocycles. The number of hydrogen-bond donors (Lipinski definition) is 0. The van der Waals surface area contributed by atoms with Crippen LogP contribution in [0.3, 0.4) is 0 Å². The van der Waals surface area contributed by atoms with Crippen molar-refractivity contribution in [3.63, 3.8) is 0 Å². The molecule has 0 aromatic carbocycles. The summed E-state index contributed by atoms with van der Waals surface area (Å²) in [6.45, 7) is 0. The zero-order chi connectivity index (χ0) is 8.55. The third-order valence-electron chi connectivity index (χ3n) is 1.47. The van der Waals surface area contributed by atoms with Gasteiger partial charge in [-0.15, -0.1) is 11.3 Å². The average molecular weight is 198 g/mol. The summed E-state index contributed by atoms with van der Waals surface area (Å²) in [7, 11) is 0. The van der Waals surface area contributed by atoms with Gasteiger partial charge in [0.2, 0.25) is 0 Å². The fourth-order valence-electron chi connectivity index (χ4n) is 0.976. The van der Waals surface area contributed by atoms with Crippen molar-refractivity contribution in [1.82, 2.24) is 4.98 Å². The fourth-order valence-corrected chi connectivity index (χ4v) is 1.95. The van der Waals surface area contributed by atoms with E-state index >= 15 is 0 Å². The molecule has 0 N–H and O–H groups in total. The molecular formula is C8H4ClNOS. The molecule has 0 radical (unpaired) electrons. The molecule has 12 heavy (non-hydrogen) atoms. The molecule has 2 heterocycles. The molecule has 60 valence electrons. The zero-order valence-electron chi connectivity index (χ0n) is 5.95. The first-order valence-electron chi connectivity index (χ1n) is 3.31. The van der Waals surface area contributed by atoms with E-state index in [9.17, 15) is 4.79 Å². The maximum absolute atomic E-state index is 10.4. The first kappa shape index (κ1) is 7.71. The average Bonchev–Trinajstić information content (AvgIpc) is 2.46. The molecular weight excluding hydrogens is 194 g/mol. The lowest BCUT2D eigenvalue weighted by Gasteiger charge is -1.87. The summed E-state index contributed by atoms with van der Waals surface area (Å²) < 4.78 is 0.988. The van der Waals surface area contributed by atoms with Crippen LogP contribution in [0.1, 0.15) is 9.67 Å². The van der Waals surface area contributed by atoms with Gasteiger partial charge in [0.05, 0.1) is 15.1 Å². The van der Waals surface area contributed by atoms with Crippen LogP contribution in [-0.4, -0.2) is 11.3 Å². The summed E-state index contributed by atoms with van der Waals surface area (Å²) in [5.74, 6) is 0. The quantitative estimate of drug-likeness (QED) is 0.520. The van der Waals surface area contributed by atoms with Gasteiger partial charge >= 0.3 is 0 Å². The van der Waals surface area contributed by atoms with Crippen LogP contribution in [0, 0.1) is 0 Å². The van der Waals surface area contributed by atoms with Gasteiger partial charge in [-0.2, -0.15) is 0 Å². The van der Waals surface area contributed by atoms with Gasteiger partial charge in [0.25, 0.3) is 0 Å². The van der Waals surface area contributed by atoms with E-state index in [-0.39, 0.29) is 0 Å². The largest absolute Gasteiger partial charge is 0.297 e. The molecule has 0 saturated carbocycles. The number of thiophene rings is 1. The van der Waals surface area contributed by atoms with Crippen LogP contribution in [0.2, 0.25) is 5.15 Å². The molecule has 0 bridgehead atoms. The predicted molar refractivity (Wildman–Crippen MR) is 50.0 cm³/mol. The highest BCUT2D eigenvalue weighted by Crippen LogP contribution is 2.24. The van der Waals surface area contributed by atoms with Crippen LogP contribution >= 0.6 is 22.9 Å². The second-order valence-corrected chi connectivity index (χ2v) is 3.79. The molecule has 2 aromatic rings. The van der Waals surface area contributed by atoms with Crippen LogP contribution in [0.15, 0.2) is 18.2 Å². The third-order valence-corrected chi connectivity index (χ3v) is 2.70. The summed E-state index contributed by atoms with van der Waals surface area (Å²) >= 11 is 7.09. The Bertz CT molecular complexity index is 438. The van der Waals surface area contributed by atoms with Gasteiger partial charge in [-0.1, -0.05) is 11.6 Å². The van der Waals surface area contributed by atoms with Gasteiger partial charge < -0.3 is 0 Å². The number of fused-ring (bicyclic) bond motifs is 1. The Morgan fingerprint density at radius 1 is 1.50 bits per heavy atom. The number of hydrogen-bond acceptors (Lipinski definition) is 3. The summed E-state index contributed by atoms with van der Waals surface area (Å²) in [4.78, 5) is 15.2. The van der Waals surface area contributed by atoms with Crippen molar-refractivity contribution >= 4 is 39.4 Å². The predicted octanol–water partition coefficient (Wildman–Crippen LogP) is 2.76. The Kier molecular flexibility index (Phi) is 1.83. The number of aromatic nitrogens is 1. The highest BCUT2D eigenvalue weighted by Gasteiger charge is 2.01. The van der Waals surface area contributed by atoms with Crippen LogP contribution in [0.25, 0.3) is 10.2 Å². The minimum absolute atomic E-state index is 0.456. The molecule has 2 aromatic heterocycles. The van der Waals surface area contributed by atoms with Crippen LogP contribution in [0.5, 0.6) is 0 Å². The summed E-state index contributed by atoms with van der Waals surface area (Å²) in [6, 6.07) is 5.32. The van der Waals surface area contributed by atoms with Crippen molar-refractivity contribution in [1.29, 1.82) is 0 Å². The van der Waals surface area contributed by atoms with Crippen molar-refractivity contribution in [2.75, 3.05) is 0 Å². The molecule has 0 amide bonds. The van der Waals surface area contributed by atoms with Crippen LogP contribution in [-0.2, 0) is 0 Å². The lowest BCUT2D eigenvalue weighted by molar-refractivity contribution is 0.112. The van der Waals surface area contributed by atoms with Gasteiger partial charge in [0, 0.05) is 0 Å². The fraction of sp³-hybridized carbons (Fsp3) is 0. The van der Waals surface area contributed by atoms with Crippen LogP contribution < -0.4 is 0 Å². The van der Waals surface area contributed by atoms with E-state index < -0.39 is 0 Å². The van der Waals surface area contributed by atoms with Crippen molar-refractivity contribution in [3.05, 3.63) is 28.2 Å². The molecule has 2 nitrogen and oxygen atoms in total. The normalized spacial score (nSPS) is 10.4. The van der Waals surface area contributed by atoms with E-state index in [0.717, 1.165) is 16.5 Å². The molecule has 4 heteroatoms. The molecule has 0 fully saturated rings. The Hall–Kier alpha value is -0.930. The van der Waals surface area contributed by atoms with E-state index in [0.29, 0.717) is 10.0 Å². The van der Waals surface area contributed by atoms with Gasteiger partial charge in [-0.25, -0.2) is 4.98 Å². The van der Waals surface area contributed by atoms with Crippen molar-refractivity contribution in [2.45, 2.75) is 0 Å². The third kappa shape index (κ3) is 1.21. The standard InChI is InChI=1S/C8H4ClNOS/c9-8-2-1-7-6(10-8)3-5(4-11)12-7/h1-4H. The number of pyridine rings is 1. The summed E-state index contributed by atoms with van der Waals surface area (Å²) in [5, 5.41) is 0.456. The number of aldehydes is 1. The first-order chi connectivity index (χ1) is 5.79. The molecule has 0 aliphatic rings. The minimum atomic E-state index is 0.456. The van der Waals surface area contributed by atoms with Crippen LogP contribution in [0.4, 0.5) is 0 Å². The molecule has 2 rings (SSSR count). The highest BCUT2D eigenvalue weighted by molar-refractivity contribution is 7.20. The number of carbonyl (C=O) groups excluding carboxylic acids is 1. The topological polar surface area (TPSA) is 30.0 Å². The second kappa shape index (κ2) is 2.84. The first-order valence-corrected chi connectivity index (χ1v) is 4.50. The number of nitrogens with zero attached hydrogens (tertiary/aromatic N) is 1. The molecule has 0 aliphatic heterocycles. The van der Waals surface area contributed by atoms with E-state index in [1.165, 1.54) is 11.3 Å². The lowest BCUT2D eigenvalue weighted by atomic mass is 10.4. The maximum Gasteiger partial charge on any atom is 0.160 e. The Labute approximate surface area is 77.8 Å². The van der Waals surface area contributed by atoms with Gasteiger partial charge in [-0.05, 0) is 18.2 Å². The Morgan fingerprint density at radius 3 is 3.08 bits per heavy atom. The molecule has 0 saturated heterocycles. The second-order valence-electron chi connectivity index (χ2n) is 2.28. The Balaban J connectivity index is 2.75. The van der Waals surface area contributed by atoms with E-state index in [4.69, 9.17) is 11.6 Å². The molecule has 0 spiro atoms. The monoisotopic (exact) mass is 197 g/mol. The van der Waals surface area contributed by atoms with Gasteiger partial charge in [0.1, 0.15) is 5.15 Å². The van der Waals surface area contributed by atoms with E-state index in [2.05, 4.69) is 4.98 Å². The highest BCUT2D eigenvalue weighted by atomic mass is 35.5. The minimum Gasteiger partial charge on any atom is -0.297 e. The zero-order valence-corrected chi connectivity index (χ0v) is 7.52.